The highest BCUT2D eigenvalue weighted by Crippen LogP contribution is 2.17. The quantitative estimate of drug-likeness (QED) is 0.310. The van der Waals surface area contributed by atoms with Crippen molar-refractivity contribution in [3.63, 3.8) is 0 Å². The van der Waals surface area contributed by atoms with E-state index in [-0.39, 0.29) is 29.8 Å². The van der Waals surface area contributed by atoms with Crippen molar-refractivity contribution in [1.29, 1.82) is 0 Å². The molecule has 0 unspecified atom stereocenters. The van der Waals surface area contributed by atoms with Gasteiger partial charge in [-0.3, -0.25) is 0 Å². The van der Waals surface area contributed by atoms with Gasteiger partial charge in [-0.05, 0) is 44.6 Å². The number of aromatic nitrogens is 1. The normalized spacial score (nSPS) is 11.6. The molecule has 0 saturated heterocycles. The average Bonchev–Trinajstić information content (AvgIpc) is 3.09. The predicted octanol–water partition coefficient (Wildman–Crippen LogP) is 4.34. The van der Waals surface area contributed by atoms with Crippen molar-refractivity contribution in [2.24, 2.45) is 4.99 Å². The van der Waals surface area contributed by atoms with Gasteiger partial charge in [0, 0.05) is 24.0 Å². The summed E-state index contributed by atoms with van der Waals surface area (Å²) >= 11 is 1.66. The standard InChI is InChI=1S/C20H30FN5S.HI/c1-6-22-20(24-11-19-25-18(13-27-19)14(2)3)23-10-15-7-8-17(21)16(9-15)12-26(4)5;/h7-9,13-14H,6,10-12H2,1-5H3,(H2,22,23,24);1H. The first-order valence-electron chi connectivity index (χ1n) is 9.27. The van der Waals surface area contributed by atoms with Gasteiger partial charge in [-0.2, -0.15) is 0 Å². The molecule has 1 heterocycles. The van der Waals surface area contributed by atoms with E-state index in [1.807, 2.05) is 32.0 Å². The van der Waals surface area contributed by atoms with Crippen molar-refractivity contribution in [3.8, 4) is 0 Å². The Morgan fingerprint density at radius 1 is 1.29 bits per heavy atom. The van der Waals surface area contributed by atoms with Crippen LogP contribution < -0.4 is 10.6 Å². The lowest BCUT2D eigenvalue weighted by atomic mass is 10.1. The molecular weight excluding hydrogens is 488 g/mol. The van der Waals surface area contributed by atoms with Crippen LogP contribution in [0, 0.1) is 5.82 Å². The number of aliphatic imine (C=N–C) groups is 1. The van der Waals surface area contributed by atoms with Crippen molar-refractivity contribution in [3.05, 3.63) is 51.2 Å². The first kappa shape index (κ1) is 24.8. The SMILES string of the molecule is CCNC(=NCc1ccc(F)c(CN(C)C)c1)NCc1nc(C(C)C)cs1.I. The number of halogens is 2. The van der Waals surface area contributed by atoms with Gasteiger partial charge in [0.2, 0.25) is 0 Å². The van der Waals surface area contributed by atoms with Gasteiger partial charge in [-0.1, -0.05) is 19.9 Å². The Bertz CT molecular complexity index is 761. The number of hydrogen-bond donors (Lipinski definition) is 2. The Morgan fingerprint density at radius 3 is 2.64 bits per heavy atom. The van der Waals surface area contributed by atoms with Crippen LogP contribution in [0.25, 0.3) is 0 Å². The molecule has 0 saturated carbocycles. The third-order valence-corrected chi connectivity index (χ3v) is 4.80. The van der Waals surface area contributed by atoms with E-state index < -0.39 is 0 Å². The van der Waals surface area contributed by atoms with Crippen LogP contribution in [0.5, 0.6) is 0 Å². The van der Waals surface area contributed by atoms with Crippen molar-refractivity contribution < 1.29 is 4.39 Å². The number of benzene rings is 1. The lowest BCUT2D eigenvalue weighted by molar-refractivity contribution is 0.392. The third-order valence-electron chi connectivity index (χ3n) is 3.93. The van der Waals surface area contributed by atoms with Gasteiger partial charge in [0.1, 0.15) is 10.8 Å². The molecule has 0 amide bonds. The van der Waals surface area contributed by atoms with E-state index in [1.165, 1.54) is 6.07 Å². The topological polar surface area (TPSA) is 52.6 Å². The molecule has 0 aliphatic rings. The summed E-state index contributed by atoms with van der Waals surface area (Å²) in [5, 5.41) is 9.72. The number of thiazole rings is 1. The van der Waals surface area contributed by atoms with Crippen LogP contribution in [0.1, 0.15) is 48.5 Å². The maximum atomic E-state index is 13.9. The molecule has 0 aliphatic carbocycles. The van der Waals surface area contributed by atoms with Crippen LogP contribution in [-0.2, 0) is 19.6 Å². The number of hydrogen-bond acceptors (Lipinski definition) is 4. The fourth-order valence-corrected chi connectivity index (χ4v) is 3.43. The summed E-state index contributed by atoms with van der Waals surface area (Å²) in [5.41, 5.74) is 2.80. The lowest BCUT2D eigenvalue weighted by Gasteiger charge is -2.12. The molecule has 8 heteroatoms. The van der Waals surface area contributed by atoms with Crippen molar-refractivity contribution in [2.45, 2.75) is 46.3 Å². The monoisotopic (exact) mass is 519 g/mol. The van der Waals surface area contributed by atoms with Gasteiger partial charge < -0.3 is 15.5 Å². The van der Waals surface area contributed by atoms with E-state index in [1.54, 1.807) is 17.4 Å². The lowest BCUT2D eigenvalue weighted by Crippen LogP contribution is -2.36. The molecule has 156 valence electrons. The van der Waals surface area contributed by atoms with Gasteiger partial charge in [0.25, 0.3) is 0 Å². The van der Waals surface area contributed by atoms with Crippen molar-refractivity contribution in [1.82, 2.24) is 20.5 Å². The van der Waals surface area contributed by atoms with E-state index in [0.29, 0.717) is 31.1 Å². The maximum Gasteiger partial charge on any atom is 0.191 e. The number of guanidine groups is 1. The molecule has 0 radical (unpaired) electrons. The van der Waals surface area contributed by atoms with Crippen LogP contribution in [0.4, 0.5) is 4.39 Å². The summed E-state index contributed by atoms with van der Waals surface area (Å²) in [7, 11) is 3.86. The molecule has 5 nitrogen and oxygen atoms in total. The molecule has 0 fully saturated rings. The third kappa shape index (κ3) is 8.00. The van der Waals surface area contributed by atoms with E-state index in [4.69, 9.17) is 0 Å². The number of nitrogens with zero attached hydrogens (tertiary/aromatic N) is 3. The predicted molar refractivity (Wildman–Crippen MR) is 127 cm³/mol. The molecule has 1 aromatic heterocycles. The zero-order valence-corrected chi connectivity index (χ0v) is 20.4. The average molecular weight is 519 g/mol. The highest BCUT2D eigenvalue weighted by Gasteiger charge is 2.07. The first-order valence-corrected chi connectivity index (χ1v) is 10.2. The Hall–Kier alpha value is -1.26. The molecule has 1 aromatic carbocycles. The molecule has 0 bridgehead atoms. The van der Waals surface area contributed by atoms with Crippen LogP contribution in [0.15, 0.2) is 28.6 Å². The van der Waals surface area contributed by atoms with Crippen LogP contribution in [-0.4, -0.2) is 36.5 Å². The summed E-state index contributed by atoms with van der Waals surface area (Å²) in [6.45, 7) is 8.80. The summed E-state index contributed by atoms with van der Waals surface area (Å²) in [6.07, 6.45) is 0. The van der Waals surface area contributed by atoms with Gasteiger partial charge in [0.15, 0.2) is 5.96 Å². The van der Waals surface area contributed by atoms with E-state index in [9.17, 15) is 4.39 Å². The molecule has 28 heavy (non-hydrogen) atoms. The molecule has 0 atom stereocenters. The number of nitrogens with one attached hydrogen (secondary N) is 2. The Kier molecular flexibility index (Phi) is 10.9. The summed E-state index contributed by atoms with van der Waals surface area (Å²) in [5.74, 6) is 0.996. The van der Waals surface area contributed by atoms with Crippen LogP contribution in [0.3, 0.4) is 0 Å². The second-order valence-electron chi connectivity index (χ2n) is 7.03. The first-order chi connectivity index (χ1) is 12.9. The van der Waals surface area contributed by atoms with Crippen LogP contribution >= 0.6 is 35.3 Å². The smallest absolute Gasteiger partial charge is 0.191 e. The summed E-state index contributed by atoms with van der Waals surface area (Å²) < 4.78 is 13.9. The fourth-order valence-electron chi connectivity index (χ4n) is 2.53. The molecule has 2 N–H and O–H groups in total. The minimum atomic E-state index is -0.175. The van der Waals surface area contributed by atoms with E-state index in [0.717, 1.165) is 28.8 Å². The minimum Gasteiger partial charge on any atom is -0.357 e. The molecule has 0 aliphatic heterocycles. The molecule has 2 rings (SSSR count). The zero-order valence-electron chi connectivity index (χ0n) is 17.3. The Balaban J connectivity index is 0.00000392. The maximum absolute atomic E-state index is 13.9. The van der Waals surface area contributed by atoms with Gasteiger partial charge in [-0.15, -0.1) is 35.3 Å². The van der Waals surface area contributed by atoms with Gasteiger partial charge in [-0.25, -0.2) is 14.4 Å². The van der Waals surface area contributed by atoms with E-state index in [2.05, 4.69) is 39.8 Å². The largest absolute Gasteiger partial charge is 0.357 e. The second-order valence-corrected chi connectivity index (χ2v) is 7.98. The fraction of sp³-hybridized carbons (Fsp3) is 0.500. The zero-order chi connectivity index (χ0) is 19.8. The van der Waals surface area contributed by atoms with Crippen molar-refractivity contribution in [2.75, 3.05) is 20.6 Å². The van der Waals surface area contributed by atoms with E-state index >= 15 is 0 Å². The van der Waals surface area contributed by atoms with Gasteiger partial charge in [0.05, 0.1) is 18.8 Å². The molecular formula is C20H31FIN5S. The minimum absolute atomic E-state index is 0. The summed E-state index contributed by atoms with van der Waals surface area (Å²) in [6, 6.07) is 5.20. The highest BCUT2D eigenvalue weighted by molar-refractivity contribution is 14.0. The summed E-state index contributed by atoms with van der Waals surface area (Å²) in [4.78, 5) is 11.2. The van der Waals surface area contributed by atoms with Crippen molar-refractivity contribution >= 4 is 41.3 Å². The van der Waals surface area contributed by atoms with Crippen LogP contribution in [0.2, 0.25) is 0 Å². The Morgan fingerprint density at radius 2 is 2.04 bits per heavy atom. The Labute approximate surface area is 188 Å². The molecule has 0 spiro atoms. The number of rotatable bonds is 8. The second kappa shape index (κ2) is 12.3. The highest BCUT2D eigenvalue weighted by atomic mass is 127. The molecule has 2 aromatic rings. The van der Waals surface area contributed by atoms with Gasteiger partial charge >= 0.3 is 0 Å².